The predicted molar refractivity (Wildman–Crippen MR) is 45.6 cm³/mol. The van der Waals surface area contributed by atoms with Crippen LogP contribution in [-0.4, -0.2) is 5.33 Å². The van der Waals surface area contributed by atoms with Gasteiger partial charge in [0.1, 0.15) is 0 Å². The third-order valence-corrected chi connectivity index (χ3v) is 1.64. The first-order chi connectivity index (χ1) is 4.35. The van der Waals surface area contributed by atoms with Gasteiger partial charge in [0, 0.05) is 5.92 Å². The van der Waals surface area contributed by atoms with Crippen LogP contribution in [0.3, 0.4) is 0 Å². The molecule has 0 bridgehead atoms. The van der Waals surface area contributed by atoms with E-state index in [1.54, 1.807) is 0 Å². The molecule has 0 rings (SSSR count). The van der Waals surface area contributed by atoms with Gasteiger partial charge in [0.2, 0.25) is 0 Å². The molecule has 0 atom stereocenters. The lowest BCUT2D eigenvalue weighted by atomic mass is 10.1. The van der Waals surface area contributed by atoms with Crippen molar-refractivity contribution in [1.29, 1.82) is 0 Å². The smallest absolute Gasteiger partial charge is 0.0645 e. The van der Waals surface area contributed by atoms with Crippen LogP contribution in [0.4, 0.5) is 0 Å². The summed E-state index contributed by atoms with van der Waals surface area (Å²) in [5.74, 6) is 6.80. The Bertz CT molecular complexity index is 103. The van der Waals surface area contributed by atoms with Gasteiger partial charge in [0.25, 0.3) is 0 Å². The lowest BCUT2D eigenvalue weighted by Crippen LogP contribution is -1.90. The molecule has 0 aromatic heterocycles. The van der Waals surface area contributed by atoms with E-state index in [1.165, 1.54) is 12.8 Å². The molecular formula is C8H13Br. The van der Waals surface area contributed by atoms with Crippen molar-refractivity contribution in [1.82, 2.24) is 0 Å². The molecule has 0 fully saturated rings. The van der Waals surface area contributed by atoms with Crippen molar-refractivity contribution in [3.8, 4) is 11.8 Å². The molecule has 0 aliphatic carbocycles. The lowest BCUT2D eigenvalue weighted by molar-refractivity contribution is 0.627. The van der Waals surface area contributed by atoms with Gasteiger partial charge >= 0.3 is 0 Å². The molecule has 0 aliphatic heterocycles. The number of rotatable bonds is 2. The van der Waals surface area contributed by atoms with E-state index >= 15 is 0 Å². The van der Waals surface area contributed by atoms with Gasteiger partial charge in [-0.1, -0.05) is 41.6 Å². The Hall–Kier alpha value is 0.0400. The Morgan fingerprint density at radius 1 is 1.33 bits per heavy atom. The second kappa shape index (κ2) is 6.16. The molecule has 0 heterocycles. The van der Waals surface area contributed by atoms with Gasteiger partial charge in [-0.2, -0.15) is 0 Å². The minimum absolute atomic E-state index is 0.613. The van der Waals surface area contributed by atoms with E-state index in [0.717, 1.165) is 5.33 Å². The molecule has 0 saturated heterocycles. The lowest BCUT2D eigenvalue weighted by Gasteiger charge is -1.99. The summed E-state index contributed by atoms with van der Waals surface area (Å²) >= 11 is 3.26. The van der Waals surface area contributed by atoms with E-state index < -0.39 is 0 Å². The van der Waals surface area contributed by atoms with Gasteiger partial charge < -0.3 is 0 Å². The summed E-state index contributed by atoms with van der Waals surface area (Å²) in [7, 11) is 0. The predicted octanol–water partition coefficient (Wildman–Crippen LogP) is 2.82. The third-order valence-electron chi connectivity index (χ3n) is 1.36. The summed E-state index contributed by atoms with van der Waals surface area (Å²) in [5, 5.41) is 0.809. The van der Waals surface area contributed by atoms with Crippen LogP contribution in [0, 0.1) is 17.8 Å². The standard InChI is InChI=1S/C8H13Br/c1-3-8(4-2)6-5-7-9/h8H,3-4,7H2,1-2H3. The topological polar surface area (TPSA) is 0 Å². The molecule has 0 nitrogen and oxygen atoms in total. The van der Waals surface area contributed by atoms with Crippen LogP contribution in [0.25, 0.3) is 0 Å². The Labute approximate surface area is 66.2 Å². The van der Waals surface area contributed by atoms with Gasteiger partial charge in [-0.25, -0.2) is 0 Å². The van der Waals surface area contributed by atoms with E-state index in [9.17, 15) is 0 Å². The molecule has 0 aliphatic rings. The van der Waals surface area contributed by atoms with Crippen molar-refractivity contribution in [2.24, 2.45) is 5.92 Å². The van der Waals surface area contributed by atoms with E-state index in [-0.39, 0.29) is 0 Å². The molecule has 52 valence electrons. The summed E-state index contributed by atoms with van der Waals surface area (Å²) < 4.78 is 0. The van der Waals surface area contributed by atoms with Gasteiger partial charge in [-0.3, -0.25) is 0 Å². The second-order valence-corrected chi connectivity index (χ2v) is 2.53. The molecule has 0 unspecified atom stereocenters. The maximum absolute atomic E-state index is 3.26. The zero-order valence-electron chi connectivity index (χ0n) is 6.08. The molecule has 0 aromatic carbocycles. The Morgan fingerprint density at radius 3 is 2.22 bits per heavy atom. The highest BCUT2D eigenvalue weighted by atomic mass is 79.9. The van der Waals surface area contributed by atoms with Gasteiger partial charge in [-0.05, 0) is 12.8 Å². The van der Waals surface area contributed by atoms with Gasteiger partial charge in [0.05, 0.1) is 5.33 Å². The highest BCUT2D eigenvalue weighted by Gasteiger charge is 1.94. The molecule has 0 aromatic rings. The zero-order valence-corrected chi connectivity index (χ0v) is 7.66. The molecule has 0 N–H and O–H groups in total. The molecule has 0 amide bonds. The van der Waals surface area contributed by atoms with Gasteiger partial charge in [0.15, 0.2) is 0 Å². The minimum atomic E-state index is 0.613. The molecule has 0 saturated carbocycles. The summed E-state index contributed by atoms with van der Waals surface area (Å²) in [4.78, 5) is 0. The summed E-state index contributed by atoms with van der Waals surface area (Å²) in [6.07, 6.45) is 2.35. The Balaban J connectivity index is 3.54. The van der Waals surface area contributed by atoms with Crippen LogP contribution in [0.2, 0.25) is 0 Å². The Kier molecular flexibility index (Phi) is 6.19. The molecule has 0 spiro atoms. The highest BCUT2D eigenvalue weighted by molar-refractivity contribution is 9.09. The van der Waals surface area contributed by atoms with Crippen molar-refractivity contribution < 1.29 is 0 Å². The van der Waals surface area contributed by atoms with Crippen LogP contribution in [0.15, 0.2) is 0 Å². The van der Waals surface area contributed by atoms with E-state index in [2.05, 4.69) is 41.6 Å². The normalized spacial score (nSPS) is 8.89. The largest absolute Gasteiger partial charge is 0.0990 e. The fourth-order valence-electron chi connectivity index (χ4n) is 0.676. The fraction of sp³-hybridized carbons (Fsp3) is 0.750. The number of hydrogen-bond donors (Lipinski definition) is 0. The molecule has 1 heteroatoms. The van der Waals surface area contributed by atoms with Crippen LogP contribution in [0.1, 0.15) is 26.7 Å². The van der Waals surface area contributed by atoms with Crippen LogP contribution in [-0.2, 0) is 0 Å². The first-order valence-electron chi connectivity index (χ1n) is 3.39. The SMILES string of the molecule is CCC(C#CCBr)CC. The number of hydrogen-bond acceptors (Lipinski definition) is 0. The maximum atomic E-state index is 3.26. The average molecular weight is 189 g/mol. The van der Waals surface area contributed by atoms with E-state index in [4.69, 9.17) is 0 Å². The van der Waals surface area contributed by atoms with Gasteiger partial charge in [-0.15, -0.1) is 0 Å². The third kappa shape index (κ3) is 4.54. The quantitative estimate of drug-likeness (QED) is 0.462. The maximum Gasteiger partial charge on any atom is 0.0645 e. The van der Waals surface area contributed by atoms with Crippen LogP contribution in [0.5, 0.6) is 0 Å². The second-order valence-electron chi connectivity index (χ2n) is 1.97. The monoisotopic (exact) mass is 188 g/mol. The summed E-state index contributed by atoms with van der Waals surface area (Å²) in [5.41, 5.74) is 0. The average Bonchev–Trinajstić information content (AvgIpc) is 1.91. The molecule has 9 heavy (non-hydrogen) atoms. The van der Waals surface area contributed by atoms with E-state index in [1.807, 2.05) is 0 Å². The zero-order chi connectivity index (χ0) is 7.11. The van der Waals surface area contributed by atoms with Crippen molar-refractivity contribution in [3.63, 3.8) is 0 Å². The Morgan fingerprint density at radius 2 is 1.89 bits per heavy atom. The first kappa shape index (κ1) is 9.04. The molecule has 0 radical (unpaired) electrons. The van der Waals surface area contributed by atoms with Crippen molar-refractivity contribution >= 4 is 15.9 Å². The van der Waals surface area contributed by atoms with Crippen molar-refractivity contribution in [3.05, 3.63) is 0 Å². The van der Waals surface area contributed by atoms with Crippen molar-refractivity contribution in [2.45, 2.75) is 26.7 Å². The summed E-state index contributed by atoms with van der Waals surface area (Å²) in [6, 6.07) is 0. The van der Waals surface area contributed by atoms with E-state index in [0.29, 0.717) is 5.92 Å². The fourth-order valence-corrected chi connectivity index (χ4v) is 0.838. The first-order valence-corrected chi connectivity index (χ1v) is 4.51. The highest BCUT2D eigenvalue weighted by Crippen LogP contribution is 2.04. The number of halogens is 1. The molecular weight excluding hydrogens is 176 g/mol. The minimum Gasteiger partial charge on any atom is -0.0990 e. The summed E-state index contributed by atoms with van der Waals surface area (Å²) in [6.45, 7) is 4.36. The van der Waals surface area contributed by atoms with Crippen LogP contribution < -0.4 is 0 Å². The number of alkyl halides is 1. The van der Waals surface area contributed by atoms with Crippen molar-refractivity contribution in [2.75, 3.05) is 5.33 Å². The van der Waals surface area contributed by atoms with Crippen LogP contribution >= 0.6 is 15.9 Å².